The van der Waals surface area contributed by atoms with Gasteiger partial charge in [0.2, 0.25) is 0 Å². The maximum atomic E-state index is 13.1. The van der Waals surface area contributed by atoms with Crippen LogP contribution in [0.15, 0.2) is 85.1 Å². The van der Waals surface area contributed by atoms with Gasteiger partial charge in [0.25, 0.3) is 5.91 Å². The molecule has 0 radical (unpaired) electrons. The average molecular weight is 437 g/mol. The number of aliphatic hydroxyl groups excluding tert-OH is 1. The van der Waals surface area contributed by atoms with Crippen LogP contribution in [0.25, 0.3) is 22.3 Å². The molecule has 166 valence electrons. The highest BCUT2D eigenvalue weighted by Gasteiger charge is 2.12. The van der Waals surface area contributed by atoms with Crippen LogP contribution in [0, 0.1) is 6.92 Å². The Morgan fingerprint density at radius 1 is 0.788 bits per heavy atom. The zero-order valence-electron chi connectivity index (χ0n) is 19.0. The lowest BCUT2D eigenvalue weighted by molar-refractivity contribution is 0.0951. The minimum atomic E-state index is -0.129. The van der Waals surface area contributed by atoms with Crippen LogP contribution in [-0.4, -0.2) is 16.0 Å². The number of nitrogens with one attached hydrogen (secondary N) is 1. The van der Waals surface area contributed by atoms with Crippen LogP contribution in [-0.2, 0) is 19.6 Å². The maximum Gasteiger partial charge on any atom is 0.251 e. The first kappa shape index (κ1) is 22.4. The van der Waals surface area contributed by atoms with Gasteiger partial charge in [-0.15, -0.1) is 0 Å². The van der Waals surface area contributed by atoms with Gasteiger partial charge in [0, 0.05) is 24.0 Å². The number of hydrogen-bond donors (Lipinski definition) is 2. The van der Waals surface area contributed by atoms with Gasteiger partial charge < -0.3 is 10.4 Å². The molecular formula is C29H28N2O2. The summed E-state index contributed by atoms with van der Waals surface area (Å²) in [5, 5.41) is 12.4. The quantitative estimate of drug-likeness (QED) is 0.390. The highest BCUT2D eigenvalue weighted by molar-refractivity contribution is 5.97. The fraction of sp³-hybridized carbons (Fsp3) is 0.172. The van der Waals surface area contributed by atoms with Crippen molar-refractivity contribution in [3.8, 4) is 22.3 Å². The van der Waals surface area contributed by atoms with Crippen molar-refractivity contribution in [2.45, 2.75) is 33.4 Å². The molecule has 3 aromatic carbocycles. The molecule has 0 atom stereocenters. The summed E-state index contributed by atoms with van der Waals surface area (Å²) >= 11 is 0. The highest BCUT2D eigenvalue weighted by Crippen LogP contribution is 2.29. The molecule has 4 rings (SSSR count). The number of aryl methyl sites for hydroxylation is 2. The first-order valence-corrected chi connectivity index (χ1v) is 11.2. The van der Waals surface area contributed by atoms with Crippen molar-refractivity contribution >= 4 is 5.91 Å². The smallest absolute Gasteiger partial charge is 0.251 e. The van der Waals surface area contributed by atoms with E-state index in [-0.39, 0.29) is 12.5 Å². The fourth-order valence-corrected chi connectivity index (χ4v) is 3.71. The van der Waals surface area contributed by atoms with E-state index in [0.29, 0.717) is 12.1 Å². The van der Waals surface area contributed by atoms with Crippen LogP contribution in [0.4, 0.5) is 0 Å². The van der Waals surface area contributed by atoms with Crippen molar-refractivity contribution in [2.24, 2.45) is 0 Å². The van der Waals surface area contributed by atoms with Gasteiger partial charge in [0.15, 0.2) is 0 Å². The highest BCUT2D eigenvalue weighted by atomic mass is 16.3. The predicted molar refractivity (Wildman–Crippen MR) is 133 cm³/mol. The van der Waals surface area contributed by atoms with E-state index >= 15 is 0 Å². The number of benzene rings is 3. The molecule has 0 spiro atoms. The lowest BCUT2D eigenvalue weighted by Gasteiger charge is -2.12. The SMILES string of the molecule is CCc1ccc(-c2cc(C(=O)NCc3ccc(C)nc3)cc(-c3ccc(CO)cc3)c2)cc1. The molecule has 0 aliphatic carbocycles. The van der Waals surface area contributed by atoms with E-state index in [1.54, 1.807) is 6.20 Å². The molecule has 0 bridgehead atoms. The standard InChI is InChI=1S/C29H28N2O2/c1-3-21-6-10-24(11-7-21)26-14-27(25-12-8-22(19-32)9-13-25)16-28(15-26)29(33)31-18-23-5-4-20(2)30-17-23/h4-17,32H,3,18-19H2,1-2H3,(H,31,33). The lowest BCUT2D eigenvalue weighted by atomic mass is 9.94. The largest absolute Gasteiger partial charge is 0.392 e. The molecule has 4 heteroatoms. The molecule has 4 nitrogen and oxygen atoms in total. The minimum Gasteiger partial charge on any atom is -0.392 e. The van der Waals surface area contributed by atoms with Crippen LogP contribution >= 0.6 is 0 Å². The Kier molecular flexibility index (Phi) is 6.96. The summed E-state index contributed by atoms with van der Waals surface area (Å²) in [5.41, 5.74) is 8.65. The molecule has 0 aliphatic heterocycles. The van der Waals surface area contributed by atoms with Gasteiger partial charge in [-0.1, -0.05) is 61.5 Å². The third-order valence-corrected chi connectivity index (χ3v) is 5.79. The Balaban J connectivity index is 1.67. The van der Waals surface area contributed by atoms with Crippen molar-refractivity contribution in [3.63, 3.8) is 0 Å². The molecule has 33 heavy (non-hydrogen) atoms. The van der Waals surface area contributed by atoms with E-state index < -0.39 is 0 Å². The lowest BCUT2D eigenvalue weighted by Crippen LogP contribution is -2.23. The van der Waals surface area contributed by atoms with Crippen LogP contribution in [0.5, 0.6) is 0 Å². The van der Waals surface area contributed by atoms with Crippen molar-refractivity contribution in [1.29, 1.82) is 0 Å². The predicted octanol–water partition coefficient (Wildman–Crippen LogP) is 5.71. The number of pyridine rings is 1. The second kappa shape index (κ2) is 10.2. The number of carbonyl (C=O) groups is 1. The van der Waals surface area contributed by atoms with Crippen molar-refractivity contribution in [1.82, 2.24) is 10.3 Å². The van der Waals surface area contributed by atoms with Gasteiger partial charge in [0.05, 0.1) is 6.61 Å². The van der Waals surface area contributed by atoms with E-state index in [0.717, 1.165) is 45.5 Å². The number of hydrogen-bond acceptors (Lipinski definition) is 3. The number of aromatic nitrogens is 1. The van der Waals surface area contributed by atoms with E-state index in [4.69, 9.17) is 0 Å². The molecular weight excluding hydrogens is 408 g/mol. The first-order valence-electron chi connectivity index (χ1n) is 11.2. The fourth-order valence-electron chi connectivity index (χ4n) is 3.71. The molecule has 1 heterocycles. The van der Waals surface area contributed by atoms with E-state index in [9.17, 15) is 9.90 Å². The third-order valence-electron chi connectivity index (χ3n) is 5.79. The van der Waals surface area contributed by atoms with Gasteiger partial charge in [-0.3, -0.25) is 9.78 Å². The maximum absolute atomic E-state index is 13.1. The Labute approximate surface area is 195 Å². The van der Waals surface area contributed by atoms with E-state index in [1.807, 2.05) is 55.5 Å². The number of carbonyl (C=O) groups excluding carboxylic acids is 1. The van der Waals surface area contributed by atoms with Crippen molar-refractivity contribution < 1.29 is 9.90 Å². The molecule has 0 unspecified atom stereocenters. The van der Waals surface area contributed by atoms with Gasteiger partial charge >= 0.3 is 0 Å². The van der Waals surface area contributed by atoms with Crippen LogP contribution in [0.2, 0.25) is 0 Å². The van der Waals surface area contributed by atoms with Gasteiger partial charge in [-0.25, -0.2) is 0 Å². The molecule has 1 amide bonds. The van der Waals surface area contributed by atoms with Crippen LogP contribution in [0.3, 0.4) is 0 Å². The number of aliphatic hydroxyl groups is 1. The Hall–Kier alpha value is -3.76. The van der Waals surface area contributed by atoms with Crippen LogP contribution in [0.1, 0.15) is 39.7 Å². The molecule has 0 saturated heterocycles. The number of rotatable bonds is 7. The first-order chi connectivity index (χ1) is 16.1. The molecule has 2 N–H and O–H groups in total. The summed E-state index contributed by atoms with van der Waals surface area (Å²) in [6.07, 6.45) is 2.77. The topological polar surface area (TPSA) is 62.2 Å². The second-order valence-corrected chi connectivity index (χ2v) is 8.20. The number of amides is 1. The summed E-state index contributed by atoms with van der Waals surface area (Å²) < 4.78 is 0. The Bertz CT molecular complexity index is 1160. The van der Waals surface area contributed by atoms with E-state index in [2.05, 4.69) is 47.6 Å². The summed E-state index contributed by atoms with van der Waals surface area (Å²) in [6.45, 7) is 4.50. The Morgan fingerprint density at radius 3 is 1.88 bits per heavy atom. The van der Waals surface area contributed by atoms with Gasteiger partial charge in [0.1, 0.15) is 0 Å². The zero-order valence-corrected chi connectivity index (χ0v) is 19.0. The third kappa shape index (κ3) is 5.54. The molecule has 0 aliphatic rings. The second-order valence-electron chi connectivity index (χ2n) is 8.20. The molecule has 0 fully saturated rings. The van der Waals surface area contributed by atoms with E-state index in [1.165, 1.54) is 5.56 Å². The average Bonchev–Trinajstić information content (AvgIpc) is 2.88. The molecule has 0 saturated carbocycles. The normalized spacial score (nSPS) is 10.8. The summed E-state index contributed by atoms with van der Waals surface area (Å²) in [4.78, 5) is 17.4. The summed E-state index contributed by atoms with van der Waals surface area (Å²) in [5.74, 6) is -0.129. The van der Waals surface area contributed by atoms with Gasteiger partial charge in [-0.05, 0) is 76.6 Å². The number of nitrogens with zero attached hydrogens (tertiary/aromatic N) is 1. The van der Waals surface area contributed by atoms with Crippen molar-refractivity contribution in [3.05, 3.63) is 113 Å². The molecule has 4 aromatic rings. The minimum absolute atomic E-state index is 0.00558. The molecule has 1 aromatic heterocycles. The Morgan fingerprint density at radius 2 is 1.36 bits per heavy atom. The van der Waals surface area contributed by atoms with Crippen LogP contribution < -0.4 is 5.32 Å². The summed E-state index contributed by atoms with van der Waals surface area (Å²) in [7, 11) is 0. The zero-order chi connectivity index (χ0) is 23.2. The summed E-state index contributed by atoms with van der Waals surface area (Å²) in [6, 6.07) is 26.1. The monoisotopic (exact) mass is 436 g/mol. The van der Waals surface area contributed by atoms with Crippen molar-refractivity contribution in [2.75, 3.05) is 0 Å². The van der Waals surface area contributed by atoms with Gasteiger partial charge in [-0.2, -0.15) is 0 Å².